The number of halogens is 1. The van der Waals surface area contributed by atoms with Crippen molar-refractivity contribution in [1.82, 2.24) is 35.1 Å². The number of nitrogens with one attached hydrogen (secondary N) is 1. The standard InChI is InChI=1S/C21H19FN8OS/c22-13-4-3-10-30(23)16(13)6-7-17-18-14(25-12-26-18)8-11-29(17)21(31)20-28-27-19(32-20)15-5-1-2-9-24-15/h1-6,9-10,12,17H,7-8,11,23H2,(H,25,26)/b16-6-/t17-/m0/s1. The maximum atomic E-state index is 14.3. The Balaban J connectivity index is 1.43. The van der Waals surface area contributed by atoms with Gasteiger partial charge >= 0.3 is 0 Å². The lowest BCUT2D eigenvalue weighted by Gasteiger charge is -2.34. The van der Waals surface area contributed by atoms with Gasteiger partial charge in [0.25, 0.3) is 5.91 Å². The molecule has 0 fully saturated rings. The van der Waals surface area contributed by atoms with Crippen molar-refractivity contribution in [3.8, 4) is 10.7 Å². The number of rotatable bonds is 4. The van der Waals surface area contributed by atoms with Crippen LogP contribution in [0.5, 0.6) is 0 Å². The minimum atomic E-state index is -0.435. The first-order valence-electron chi connectivity index (χ1n) is 9.98. The highest BCUT2D eigenvalue weighted by Gasteiger charge is 2.34. The fourth-order valence-corrected chi connectivity index (χ4v) is 4.57. The van der Waals surface area contributed by atoms with Crippen LogP contribution in [0, 0.1) is 0 Å². The number of H-pyrrole nitrogens is 1. The number of hydrogen-bond donors (Lipinski definition) is 2. The maximum absolute atomic E-state index is 14.3. The van der Waals surface area contributed by atoms with Gasteiger partial charge < -0.3 is 9.88 Å². The van der Waals surface area contributed by atoms with Gasteiger partial charge in [0.2, 0.25) is 5.01 Å². The number of aromatic nitrogens is 5. The van der Waals surface area contributed by atoms with Crippen LogP contribution in [0.1, 0.15) is 33.7 Å². The molecule has 0 spiro atoms. The highest BCUT2D eigenvalue weighted by atomic mass is 32.1. The molecule has 2 aliphatic heterocycles. The van der Waals surface area contributed by atoms with Crippen LogP contribution < -0.4 is 5.84 Å². The molecule has 0 aromatic carbocycles. The number of carbonyl (C=O) groups is 1. The van der Waals surface area contributed by atoms with Gasteiger partial charge in [-0.15, -0.1) is 10.2 Å². The molecule has 0 bridgehead atoms. The largest absolute Gasteiger partial charge is 0.348 e. The number of fused-ring (bicyclic) bond motifs is 1. The van der Waals surface area contributed by atoms with Crippen LogP contribution in [-0.2, 0) is 6.42 Å². The summed E-state index contributed by atoms with van der Waals surface area (Å²) in [6, 6.07) is 5.10. The third-order valence-electron chi connectivity index (χ3n) is 5.35. The van der Waals surface area contributed by atoms with Gasteiger partial charge in [-0.2, -0.15) is 0 Å². The lowest BCUT2D eigenvalue weighted by Crippen LogP contribution is -2.40. The smallest absolute Gasteiger partial charge is 0.285 e. The molecule has 3 N–H and O–H groups in total. The third kappa shape index (κ3) is 3.72. The first-order chi connectivity index (χ1) is 15.6. The van der Waals surface area contributed by atoms with Crippen molar-refractivity contribution in [3.05, 3.63) is 83.1 Å². The van der Waals surface area contributed by atoms with Crippen molar-refractivity contribution in [2.75, 3.05) is 6.54 Å². The zero-order valence-corrected chi connectivity index (χ0v) is 17.7. The molecular formula is C21H19FN8OS. The second-order valence-electron chi connectivity index (χ2n) is 7.25. The van der Waals surface area contributed by atoms with E-state index in [1.807, 2.05) is 18.2 Å². The molecule has 0 aliphatic carbocycles. The van der Waals surface area contributed by atoms with E-state index in [0.717, 1.165) is 11.4 Å². The zero-order valence-electron chi connectivity index (χ0n) is 16.8. The number of aromatic amines is 1. The molecule has 3 aromatic rings. The monoisotopic (exact) mass is 450 g/mol. The van der Waals surface area contributed by atoms with Crippen LogP contribution >= 0.6 is 11.3 Å². The first-order valence-corrected chi connectivity index (χ1v) is 10.8. The average Bonchev–Trinajstić information content (AvgIpc) is 3.49. The molecule has 0 saturated carbocycles. The molecule has 0 saturated heterocycles. The lowest BCUT2D eigenvalue weighted by atomic mass is 9.99. The average molecular weight is 451 g/mol. The number of pyridine rings is 1. The summed E-state index contributed by atoms with van der Waals surface area (Å²) in [4.78, 5) is 26.9. The summed E-state index contributed by atoms with van der Waals surface area (Å²) in [6.45, 7) is 0.477. The van der Waals surface area contributed by atoms with Crippen molar-refractivity contribution in [3.63, 3.8) is 0 Å². The highest BCUT2D eigenvalue weighted by molar-refractivity contribution is 7.16. The number of carbonyl (C=O) groups excluding carboxylic acids is 1. The van der Waals surface area contributed by atoms with Crippen molar-refractivity contribution in [1.29, 1.82) is 0 Å². The molecule has 1 amide bonds. The summed E-state index contributed by atoms with van der Waals surface area (Å²) in [5.41, 5.74) is 2.63. The van der Waals surface area contributed by atoms with Crippen LogP contribution in [-0.4, -0.2) is 47.5 Å². The minimum Gasteiger partial charge on any atom is -0.348 e. The number of imidazole rings is 1. The van der Waals surface area contributed by atoms with Crippen LogP contribution in [0.4, 0.5) is 4.39 Å². The molecule has 0 radical (unpaired) electrons. The zero-order chi connectivity index (χ0) is 22.1. The minimum absolute atomic E-state index is 0.245. The lowest BCUT2D eigenvalue weighted by molar-refractivity contribution is 0.0655. The molecule has 3 aromatic heterocycles. The van der Waals surface area contributed by atoms with Gasteiger partial charge in [0.15, 0.2) is 5.01 Å². The van der Waals surface area contributed by atoms with Gasteiger partial charge in [0.1, 0.15) is 11.5 Å². The van der Waals surface area contributed by atoms with E-state index < -0.39 is 5.83 Å². The second-order valence-corrected chi connectivity index (χ2v) is 8.22. The number of allylic oxidation sites excluding steroid dienone is 3. The van der Waals surface area contributed by atoms with E-state index in [1.54, 1.807) is 29.7 Å². The Kier molecular flexibility index (Phi) is 5.33. The summed E-state index contributed by atoms with van der Waals surface area (Å²) < 4.78 is 14.3. The van der Waals surface area contributed by atoms with Crippen molar-refractivity contribution in [2.45, 2.75) is 18.9 Å². The fraction of sp³-hybridized carbons (Fsp3) is 0.190. The maximum Gasteiger partial charge on any atom is 0.285 e. The van der Waals surface area contributed by atoms with Gasteiger partial charge in [-0.25, -0.2) is 15.2 Å². The highest BCUT2D eigenvalue weighted by Crippen LogP contribution is 2.34. The van der Waals surface area contributed by atoms with Crippen LogP contribution in [0.25, 0.3) is 10.7 Å². The van der Waals surface area contributed by atoms with Gasteiger partial charge in [0, 0.05) is 31.1 Å². The fourth-order valence-electron chi connectivity index (χ4n) is 3.80. The molecule has 11 heteroatoms. The number of nitrogens with zero attached hydrogens (tertiary/aromatic N) is 6. The number of hydrogen-bond acceptors (Lipinski definition) is 8. The van der Waals surface area contributed by atoms with Crippen LogP contribution in [0.15, 0.2) is 66.7 Å². The Morgan fingerprint density at radius 1 is 1.34 bits per heavy atom. The van der Waals surface area contributed by atoms with Crippen LogP contribution in [0.3, 0.4) is 0 Å². The molecule has 162 valence electrons. The van der Waals surface area contributed by atoms with Crippen molar-refractivity contribution >= 4 is 17.2 Å². The predicted octanol–water partition coefficient (Wildman–Crippen LogP) is 2.89. The Morgan fingerprint density at radius 2 is 2.25 bits per heavy atom. The quantitative estimate of drug-likeness (QED) is 0.587. The van der Waals surface area contributed by atoms with Gasteiger partial charge in [0.05, 0.1) is 23.8 Å². The van der Waals surface area contributed by atoms with Crippen molar-refractivity contribution < 1.29 is 9.18 Å². The Morgan fingerprint density at radius 3 is 3.06 bits per heavy atom. The van der Waals surface area contributed by atoms with Crippen LogP contribution in [0.2, 0.25) is 0 Å². The molecule has 2 aliphatic rings. The Labute approximate surface area is 186 Å². The van der Waals surface area contributed by atoms with E-state index >= 15 is 0 Å². The Bertz CT molecular complexity index is 1230. The molecule has 1 atom stereocenters. The van der Waals surface area contributed by atoms with E-state index in [4.69, 9.17) is 5.84 Å². The SMILES string of the molecule is NN1C=CC=C(F)/C1=C/C[C@H]1c2nc[nH]c2CCN1C(=O)c1nnc(-c2ccccn2)s1. The second kappa shape index (κ2) is 8.44. The number of nitrogens with two attached hydrogens (primary N) is 1. The molecule has 9 nitrogen and oxygen atoms in total. The van der Waals surface area contributed by atoms with Gasteiger partial charge in [-0.1, -0.05) is 23.5 Å². The first kappa shape index (κ1) is 20.2. The summed E-state index contributed by atoms with van der Waals surface area (Å²) in [5.74, 6) is 5.20. The molecule has 5 rings (SSSR count). The Hall–Kier alpha value is -3.70. The molecule has 0 unspecified atom stereocenters. The van der Waals surface area contributed by atoms with Gasteiger partial charge in [-0.05, 0) is 30.7 Å². The summed E-state index contributed by atoms with van der Waals surface area (Å²) >= 11 is 1.19. The predicted molar refractivity (Wildman–Crippen MR) is 116 cm³/mol. The third-order valence-corrected chi connectivity index (χ3v) is 6.28. The number of hydrazine groups is 1. The molecule has 5 heterocycles. The van der Waals surface area contributed by atoms with E-state index in [0.29, 0.717) is 30.1 Å². The van der Waals surface area contributed by atoms with Crippen molar-refractivity contribution in [2.24, 2.45) is 5.84 Å². The summed E-state index contributed by atoms with van der Waals surface area (Å²) in [5, 5.41) is 10.3. The molecule has 32 heavy (non-hydrogen) atoms. The number of amides is 1. The van der Waals surface area contributed by atoms with Gasteiger partial charge in [-0.3, -0.25) is 14.8 Å². The molecular weight excluding hydrogens is 431 g/mol. The summed E-state index contributed by atoms with van der Waals surface area (Å²) in [6.07, 6.45) is 10.4. The topological polar surface area (TPSA) is 117 Å². The normalized spacial score (nSPS) is 19.2. The summed E-state index contributed by atoms with van der Waals surface area (Å²) in [7, 11) is 0. The van der Waals surface area contributed by atoms with E-state index in [1.165, 1.54) is 28.5 Å². The van der Waals surface area contributed by atoms with E-state index in [2.05, 4.69) is 25.1 Å². The van der Waals surface area contributed by atoms with E-state index in [9.17, 15) is 9.18 Å². The van der Waals surface area contributed by atoms with E-state index in [-0.39, 0.29) is 22.7 Å².